The van der Waals surface area contributed by atoms with Gasteiger partial charge in [-0.3, -0.25) is 9.36 Å². The number of carbonyl (C=O) groups excluding carboxylic acids is 1. The van der Waals surface area contributed by atoms with E-state index in [1.54, 1.807) is 45.9 Å². The highest BCUT2D eigenvalue weighted by Crippen LogP contribution is 2.40. The summed E-state index contributed by atoms with van der Waals surface area (Å²) in [4.78, 5) is 32.7. The van der Waals surface area contributed by atoms with E-state index < -0.39 is 6.09 Å². The van der Waals surface area contributed by atoms with Gasteiger partial charge >= 0.3 is 6.09 Å². The summed E-state index contributed by atoms with van der Waals surface area (Å²) in [5.74, 6) is 1.09. The maximum atomic E-state index is 13.7. The molecule has 2 aliphatic rings. The second-order valence-electron chi connectivity index (χ2n) is 8.94. The fraction of sp³-hybridized carbons (Fsp3) is 0.346. The molecule has 5 rings (SSSR count). The zero-order chi connectivity index (χ0) is 23.8. The number of benzene rings is 2. The molecule has 1 fully saturated rings. The predicted octanol–water partition coefficient (Wildman–Crippen LogP) is 5.40. The van der Waals surface area contributed by atoms with Crippen LogP contribution in [0.2, 0.25) is 0 Å². The van der Waals surface area contributed by atoms with Crippen LogP contribution in [0.15, 0.2) is 57.8 Å². The van der Waals surface area contributed by atoms with E-state index in [1.165, 1.54) is 12.1 Å². The topological polar surface area (TPSA) is 64.4 Å². The van der Waals surface area contributed by atoms with Gasteiger partial charge in [0.15, 0.2) is 0 Å². The first-order valence-electron chi connectivity index (χ1n) is 11.5. The summed E-state index contributed by atoms with van der Waals surface area (Å²) in [6, 6.07) is 13.3. The van der Waals surface area contributed by atoms with Crippen LogP contribution in [0.1, 0.15) is 47.9 Å². The van der Waals surface area contributed by atoms with Crippen molar-refractivity contribution in [2.45, 2.75) is 45.2 Å². The first-order chi connectivity index (χ1) is 16.4. The molecule has 1 amide bonds. The van der Waals surface area contributed by atoms with Crippen molar-refractivity contribution in [2.75, 3.05) is 6.54 Å². The van der Waals surface area contributed by atoms with Gasteiger partial charge in [-0.1, -0.05) is 34.5 Å². The Labute approximate surface area is 205 Å². The molecule has 6 nitrogen and oxygen atoms in total. The van der Waals surface area contributed by atoms with Crippen molar-refractivity contribution in [3.63, 3.8) is 0 Å². The van der Waals surface area contributed by atoms with Crippen molar-refractivity contribution < 1.29 is 13.9 Å². The van der Waals surface area contributed by atoms with E-state index in [9.17, 15) is 14.0 Å². The van der Waals surface area contributed by atoms with Crippen molar-refractivity contribution in [3.05, 3.63) is 91.8 Å². The smallest absolute Gasteiger partial charge is 0.410 e. The summed E-state index contributed by atoms with van der Waals surface area (Å²) in [5, 5.41) is 0. The predicted molar refractivity (Wildman–Crippen MR) is 129 cm³/mol. The van der Waals surface area contributed by atoms with Crippen molar-refractivity contribution in [2.24, 2.45) is 5.92 Å². The van der Waals surface area contributed by atoms with Crippen LogP contribution >= 0.6 is 15.9 Å². The Kier molecular flexibility index (Phi) is 6.25. The average Bonchev–Trinajstić information content (AvgIpc) is 2.79. The summed E-state index contributed by atoms with van der Waals surface area (Å²) in [6.45, 7) is 2.44. The summed E-state index contributed by atoms with van der Waals surface area (Å²) >= 11 is 3.36. The minimum atomic E-state index is -0.463. The molecule has 176 valence electrons. The molecule has 0 radical (unpaired) electrons. The molecule has 1 aliphatic heterocycles. The van der Waals surface area contributed by atoms with Crippen molar-refractivity contribution in [1.29, 1.82) is 0 Å². The molecule has 34 heavy (non-hydrogen) atoms. The fourth-order valence-corrected chi connectivity index (χ4v) is 5.08. The van der Waals surface area contributed by atoms with Crippen LogP contribution < -0.4 is 10.3 Å². The lowest BCUT2D eigenvalue weighted by molar-refractivity contribution is 0.145. The lowest BCUT2D eigenvalue weighted by atomic mass is 9.77. The minimum absolute atomic E-state index is 0.0651. The monoisotopic (exact) mass is 525 g/mol. The Morgan fingerprint density at radius 2 is 1.85 bits per heavy atom. The van der Waals surface area contributed by atoms with E-state index in [4.69, 9.17) is 9.72 Å². The molecule has 1 aliphatic carbocycles. The Bertz CT molecular complexity index is 1270. The summed E-state index contributed by atoms with van der Waals surface area (Å²) in [6.07, 6.45) is 3.14. The SMILES string of the molecule is Cc1nc2c(c(=O)n1C(c1ccc(F)cc1)C1CCC1)CCN(C(=O)Oc1ccc(Br)cc1)C2. The number of hydrogen-bond acceptors (Lipinski definition) is 4. The van der Waals surface area contributed by atoms with E-state index in [2.05, 4.69) is 15.9 Å². The number of aryl methyl sites for hydroxylation is 1. The minimum Gasteiger partial charge on any atom is -0.410 e. The van der Waals surface area contributed by atoms with Crippen LogP contribution in [0.3, 0.4) is 0 Å². The Morgan fingerprint density at radius 3 is 2.50 bits per heavy atom. The lowest BCUT2D eigenvalue weighted by Crippen LogP contribution is -2.44. The van der Waals surface area contributed by atoms with Crippen LogP contribution in [0.4, 0.5) is 9.18 Å². The highest BCUT2D eigenvalue weighted by Gasteiger charge is 2.34. The molecule has 0 bridgehead atoms. The van der Waals surface area contributed by atoms with Gasteiger partial charge in [-0.05, 0) is 74.1 Å². The quantitative estimate of drug-likeness (QED) is 0.457. The summed E-state index contributed by atoms with van der Waals surface area (Å²) in [5.41, 5.74) is 2.12. The van der Waals surface area contributed by atoms with Crippen LogP contribution in [0.5, 0.6) is 5.75 Å². The number of fused-ring (bicyclic) bond motifs is 1. The van der Waals surface area contributed by atoms with Gasteiger partial charge in [0.1, 0.15) is 17.4 Å². The van der Waals surface area contributed by atoms with Crippen LogP contribution in [-0.2, 0) is 13.0 Å². The third-order valence-electron chi connectivity index (χ3n) is 6.81. The zero-order valence-corrected chi connectivity index (χ0v) is 20.4. The van der Waals surface area contributed by atoms with Gasteiger partial charge in [0.05, 0.1) is 18.3 Å². The third-order valence-corrected chi connectivity index (χ3v) is 7.33. The van der Waals surface area contributed by atoms with Crippen molar-refractivity contribution in [3.8, 4) is 5.75 Å². The molecule has 1 unspecified atom stereocenters. The molecular weight excluding hydrogens is 501 g/mol. The molecule has 1 atom stereocenters. The molecule has 0 saturated heterocycles. The highest BCUT2D eigenvalue weighted by atomic mass is 79.9. The number of halogens is 2. The van der Waals surface area contributed by atoms with Gasteiger partial charge in [-0.15, -0.1) is 0 Å². The first kappa shape index (κ1) is 22.8. The average molecular weight is 526 g/mol. The van der Waals surface area contributed by atoms with Crippen LogP contribution in [0, 0.1) is 18.7 Å². The zero-order valence-electron chi connectivity index (χ0n) is 18.8. The standard InChI is InChI=1S/C26H25BrFN3O3/c1-16-29-23-15-30(26(33)34-21-11-7-19(27)8-12-21)14-13-22(23)25(32)31(16)24(17-3-2-4-17)18-5-9-20(28)10-6-18/h5-12,17,24H,2-4,13-15H2,1H3. The highest BCUT2D eigenvalue weighted by molar-refractivity contribution is 9.10. The number of amides is 1. The molecule has 3 aromatic rings. The second-order valence-corrected chi connectivity index (χ2v) is 9.86. The number of hydrogen-bond donors (Lipinski definition) is 0. The Hall–Kier alpha value is -3.00. The Balaban J connectivity index is 1.43. The van der Waals surface area contributed by atoms with Gasteiger partial charge in [0, 0.05) is 16.6 Å². The van der Waals surface area contributed by atoms with E-state index in [1.807, 2.05) is 6.92 Å². The molecule has 0 spiro atoms. The largest absolute Gasteiger partial charge is 0.415 e. The van der Waals surface area contributed by atoms with Crippen molar-refractivity contribution >= 4 is 22.0 Å². The van der Waals surface area contributed by atoms with Crippen molar-refractivity contribution in [1.82, 2.24) is 14.5 Å². The normalized spacial score (nSPS) is 16.5. The molecular formula is C26H25BrFN3O3. The van der Waals surface area contributed by atoms with E-state index >= 15 is 0 Å². The van der Waals surface area contributed by atoms with Gasteiger partial charge in [-0.2, -0.15) is 0 Å². The van der Waals surface area contributed by atoms with Gasteiger partial charge in [0.2, 0.25) is 0 Å². The maximum Gasteiger partial charge on any atom is 0.415 e. The molecule has 8 heteroatoms. The van der Waals surface area contributed by atoms with E-state index in [0.29, 0.717) is 41.7 Å². The molecule has 2 heterocycles. The van der Waals surface area contributed by atoms with E-state index in [-0.39, 0.29) is 24.0 Å². The number of rotatable bonds is 4. The number of nitrogens with zero attached hydrogens (tertiary/aromatic N) is 3. The third kappa shape index (κ3) is 4.39. The van der Waals surface area contributed by atoms with E-state index in [0.717, 1.165) is 29.3 Å². The summed E-state index contributed by atoms with van der Waals surface area (Å²) in [7, 11) is 0. The number of aromatic nitrogens is 2. The second kappa shape index (κ2) is 9.33. The Morgan fingerprint density at radius 1 is 1.15 bits per heavy atom. The molecule has 1 aromatic heterocycles. The summed E-state index contributed by atoms with van der Waals surface area (Å²) < 4.78 is 21.7. The maximum absolute atomic E-state index is 13.7. The van der Waals surface area contributed by atoms with Crippen LogP contribution in [0.25, 0.3) is 0 Å². The first-order valence-corrected chi connectivity index (χ1v) is 12.3. The number of carbonyl (C=O) groups is 1. The molecule has 0 N–H and O–H groups in total. The lowest BCUT2D eigenvalue weighted by Gasteiger charge is -2.37. The van der Waals surface area contributed by atoms with Gasteiger partial charge in [0.25, 0.3) is 5.56 Å². The van der Waals surface area contributed by atoms with Gasteiger partial charge in [-0.25, -0.2) is 14.2 Å². The van der Waals surface area contributed by atoms with Gasteiger partial charge < -0.3 is 9.64 Å². The molecule has 1 saturated carbocycles. The number of ether oxygens (including phenoxy) is 1. The van der Waals surface area contributed by atoms with Crippen LogP contribution in [-0.4, -0.2) is 27.1 Å². The fourth-order valence-electron chi connectivity index (χ4n) is 4.82. The molecule has 2 aromatic carbocycles.